The Morgan fingerprint density at radius 3 is 2.48 bits per heavy atom. The van der Waals surface area contributed by atoms with Crippen molar-refractivity contribution in [2.24, 2.45) is 0 Å². The summed E-state index contributed by atoms with van der Waals surface area (Å²) in [5.74, 6) is -0.188. The molecule has 0 aromatic heterocycles. The molecule has 0 aliphatic carbocycles. The minimum absolute atomic E-state index is 0.188. The van der Waals surface area contributed by atoms with Gasteiger partial charge in [0.1, 0.15) is 5.54 Å². The number of para-hydroxylation sites is 1. The van der Waals surface area contributed by atoms with Gasteiger partial charge in [0, 0.05) is 18.8 Å². The molecule has 1 unspecified atom stereocenters. The Morgan fingerprint density at radius 1 is 1.29 bits per heavy atom. The number of likely N-dealkylation sites (N-methyl/N-ethyl adjacent to an activating group) is 1. The molecule has 0 saturated carbocycles. The van der Waals surface area contributed by atoms with Crippen LogP contribution in [0.2, 0.25) is 0 Å². The minimum atomic E-state index is -0.598. The zero-order valence-electron chi connectivity index (χ0n) is 13.7. The maximum atomic E-state index is 11.9. The predicted molar refractivity (Wildman–Crippen MR) is 87.7 cm³/mol. The van der Waals surface area contributed by atoms with E-state index >= 15 is 0 Å². The highest BCUT2D eigenvalue weighted by Gasteiger charge is 2.32. The van der Waals surface area contributed by atoms with Crippen LogP contribution in [0.5, 0.6) is 0 Å². The van der Waals surface area contributed by atoms with Crippen molar-refractivity contribution >= 4 is 11.7 Å². The molecule has 0 heterocycles. The number of carbonyl (C=O) groups is 1. The van der Waals surface area contributed by atoms with Crippen molar-refractivity contribution in [2.45, 2.75) is 39.2 Å². The molecule has 0 saturated heterocycles. The van der Waals surface area contributed by atoms with E-state index in [2.05, 4.69) is 41.4 Å². The molecular formula is C17H28N2O2. The van der Waals surface area contributed by atoms with E-state index in [1.807, 2.05) is 19.9 Å². The summed E-state index contributed by atoms with van der Waals surface area (Å²) in [5.41, 5.74) is 0.628. The first-order valence-corrected chi connectivity index (χ1v) is 7.70. The first-order chi connectivity index (χ1) is 10.1. The van der Waals surface area contributed by atoms with E-state index in [1.54, 1.807) is 0 Å². The molecule has 0 aliphatic rings. The fourth-order valence-electron chi connectivity index (χ4n) is 2.61. The average molecular weight is 292 g/mol. The second-order valence-corrected chi connectivity index (χ2v) is 5.37. The third kappa shape index (κ3) is 5.05. The van der Waals surface area contributed by atoms with Gasteiger partial charge in [0.25, 0.3) is 0 Å². The SMILES string of the molecule is CCNC(C)(CCCN(CC)c1ccccc1)C(=O)OC. The van der Waals surface area contributed by atoms with Crippen molar-refractivity contribution in [3.05, 3.63) is 30.3 Å². The number of rotatable bonds is 9. The number of hydrogen-bond acceptors (Lipinski definition) is 4. The van der Waals surface area contributed by atoms with Crippen molar-refractivity contribution in [2.75, 3.05) is 31.6 Å². The Kier molecular flexibility index (Phi) is 7.23. The molecule has 4 nitrogen and oxygen atoms in total. The standard InChI is InChI=1S/C17H28N2O2/c1-5-18-17(3,16(20)21-4)13-10-14-19(6-2)15-11-8-7-9-12-15/h7-9,11-12,18H,5-6,10,13-14H2,1-4H3. The Labute approximate surface area is 128 Å². The monoisotopic (exact) mass is 292 g/mol. The highest BCUT2D eigenvalue weighted by atomic mass is 16.5. The molecule has 1 aromatic rings. The van der Waals surface area contributed by atoms with E-state index in [4.69, 9.17) is 4.74 Å². The zero-order chi connectivity index (χ0) is 15.7. The van der Waals surface area contributed by atoms with E-state index < -0.39 is 5.54 Å². The fourth-order valence-corrected chi connectivity index (χ4v) is 2.61. The summed E-state index contributed by atoms with van der Waals surface area (Å²) >= 11 is 0. The van der Waals surface area contributed by atoms with Gasteiger partial charge in [0.2, 0.25) is 0 Å². The van der Waals surface area contributed by atoms with E-state index in [0.29, 0.717) is 0 Å². The number of ether oxygens (including phenoxy) is 1. The van der Waals surface area contributed by atoms with E-state index in [1.165, 1.54) is 12.8 Å². The molecule has 1 aromatic carbocycles. The highest BCUT2D eigenvalue weighted by Crippen LogP contribution is 2.18. The van der Waals surface area contributed by atoms with Crippen LogP contribution in [0.15, 0.2) is 30.3 Å². The van der Waals surface area contributed by atoms with Crippen LogP contribution in [-0.4, -0.2) is 38.3 Å². The van der Waals surface area contributed by atoms with Crippen molar-refractivity contribution in [3.8, 4) is 0 Å². The average Bonchev–Trinajstić information content (AvgIpc) is 2.52. The first kappa shape index (κ1) is 17.5. The Balaban J connectivity index is 2.58. The molecular weight excluding hydrogens is 264 g/mol. The lowest BCUT2D eigenvalue weighted by Crippen LogP contribution is -2.50. The summed E-state index contributed by atoms with van der Waals surface area (Å²) in [4.78, 5) is 14.3. The van der Waals surface area contributed by atoms with Crippen LogP contribution in [0.4, 0.5) is 5.69 Å². The van der Waals surface area contributed by atoms with Crippen LogP contribution >= 0.6 is 0 Å². The zero-order valence-corrected chi connectivity index (χ0v) is 13.7. The van der Waals surface area contributed by atoms with Gasteiger partial charge in [-0.3, -0.25) is 4.79 Å². The molecule has 21 heavy (non-hydrogen) atoms. The van der Waals surface area contributed by atoms with Gasteiger partial charge < -0.3 is 15.0 Å². The van der Waals surface area contributed by atoms with Gasteiger partial charge in [-0.1, -0.05) is 25.1 Å². The van der Waals surface area contributed by atoms with Crippen LogP contribution in [-0.2, 0) is 9.53 Å². The van der Waals surface area contributed by atoms with Crippen molar-refractivity contribution in [3.63, 3.8) is 0 Å². The maximum Gasteiger partial charge on any atom is 0.325 e. The summed E-state index contributed by atoms with van der Waals surface area (Å²) in [5, 5.41) is 3.25. The van der Waals surface area contributed by atoms with Crippen molar-refractivity contribution < 1.29 is 9.53 Å². The molecule has 1 N–H and O–H groups in total. The molecule has 0 bridgehead atoms. The van der Waals surface area contributed by atoms with E-state index in [-0.39, 0.29) is 5.97 Å². The highest BCUT2D eigenvalue weighted by molar-refractivity contribution is 5.80. The lowest BCUT2D eigenvalue weighted by Gasteiger charge is -2.29. The fraction of sp³-hybridized carbons (Fsp3) is 0.588. The molecule has 0 fully saturated rings. The first-order valence-electron chi connectivity index (χ1n) is 7.70. The minimum Gasteiger partial charge on any atom is -0.468 e. The van der Waals surface area contributed by atoms with Crippen LogP contribution in [0.3, 0.4) is 0 Å². The van der Waals surface area contributed by atoms with Crippen LogP contribution in [0.25, 0.3) is 0 Å². The van der Waals surface area contributed by atoms with Crippen molar-refractivity contribution in [1.82, 2.24) is 5.32 Å². The topological polar surface area (TPSA) is 41.6 Å². The lowest BCUT2D eigenvalue weighted by molar-refractivity contribution is -0.148. The third-order valence-corrected chi connectivity index (χ3v) is 3.81. The molecule has 118 valence electrons. The Hall–Kier alpha value is -1.55. The second-order valence-electron chi connectivity index (χ2n) is 5.37. The molecule has 1 atom stereocenters. The quantitative estimate of drug-likeness (QED) is 0.711. The van der Waals surface area contributed by atoms with Crippen LogP contribution < -0.4 is 10.2 Å². The third-order valence-electron chi connectivity index (χ3n) is 3.81. The number of anilines is 1. The number of methoxy groups -OCH3 is 1. The summed E-state index contributed by atoms with van der Waals surface area (Å²) in [6.07, 6.45) is 1.69. The smallest absolute Gasteiger partial charge is 0.325 e. The summed E-state index contributed by atoms with van der Waals surface area (Å²) in [7, 11) is 1.44. The van der Waals surface area contributed by atoms with E-state index in [0.717, 1.165) is 32.5 Å². The number of benzene rings is 1. The molecule has 4 heteroatoms. The predicted octanol–water partition coefficient (Wildman–Crippen LogP) is 2.83. The summed E-state index contributed by atoms with van der Waals surface area (Å²) < 4.78 is 4.92. The van der Waals surface area contributed by atoms with Gasteiger partial charge in [0.05, 0.1) is 7.11 Å². The maximum absolute atomic E-state index is 11.9. The second kappa shape index (κ2) is 8.67. The normalized spacial score (nSPS) is 13.5. The van der Waals surface area contributed by atoms with Gasteiger partial charge in [-0.25, -0.2) is 0 Å². The molecule has 0 amide bonds. The van der Waals surface area contributed by atoms with Gasteiger partial charge >= 0.3 is 5.97 Å². The molecule has 0 aliphatic heterocycles. The molecule has 0 spiro atoms. The summed E-state index contributed by atoms with van der Waals surface area (Å²) in [6.45, 7) is 8.71. The van der Waals surface area contributed by atoms with Gasteiger partial charge in [0.15, 0.2) is 0 Å². The Bertz CT molecular complexity index is 422. The lowest BCUT2D eigenvalue weighted by atomic mass is 9.95. The van der Waals surface area contributed by atoms with Gasteiger partial charge in [-0.2, -0.15) is 0 Å². The van der Waals surface area contributed by atoms with Crippen LogP contribution in [0.1, 0.15) is 33.6 Å². The largest absolute Gasteiger partial charge is 0.468 e. The number of esters is 1. The Morgan fingerprint density at radius 2 is 1.95 bits per heavy atom. The number of nitrogens with one attached hydrogen (secondary N) is 1. The molecule has 1 rings (SSSR count). The van der Waals surface area contributed by atoms with Gasteiger partial charge in [-0.05, 0) is 45.4 Å². The van der Waals surface area contributed by atoms with Gasteiger partial charge in [-0.15, -0.1) is 0 Å². The van der Waals surface area contributed by atoms with E-state index in [9.17, 15) is 4.79 Å². The summed E-state index contributed by atoms with van der Waals surface area (Å²) in [6, 6.07) is 10.4. The van der Waals surface area contributed by atoms with Crippen molar-refractivity contribution in [1.29, 1.82) is 0 Å². The number of nitrogens with zero attached hydrogens (tertiary/aromatic N) is 1. The number of carbonyl (C=O) groups excluding carboxylic acids is 1. The number of hydrogen-bond donors (Lipinski definition) is 1. The molecule has 0 radical (unpaired) electrons. The van der Waals surface area contributed by atoms with Crippen LogP contribution in [0, 0.1) is 0 Å².